The highest BCUT2D eigenvalue weighted by Crippen LogP contribution is 2.76. The first kappa shape index (κ1) is 41.2. The van der Waals surface area contributed by atoms with Crippen LogP contribution in [-0.4, -0.2) is 50.5 Å². The van der Waals surface area contributed by atoms with Crippen LogP contribution in [-0.2, 0) is 15.6 Å². The molecule has 8 heteroatoms. The smallest absolute Gasteiger partial charge is 0.313 e. The van der Waals surface area contributed by atoms with Crippen molar-refractivity contribution in [3.05, 3.63) is 47.2 Å². The number of aromatic nitrogens is 1. The SMILES string of the molecule is CS(=O)C1CCC(CCNC23CCC[C@@H]2C2CCC4C5(C)CC=C(C6=CC[C@@](COc7ncccc7C#N)(C(=O)O)CC6)C(C)(C)C5CCC4(C)[C@]2(C)CC3)CC1. The fourth-order valence-electron chi connectivity index (χ4n) is 15.6. The van der Waals surface area contributed by atoms with E-state index in [1.54, 1.807) is 18.3 Å². The number of ether oxygens (including phenoxy) is 1. The van der Waals surface area contributed by atoms with E-state index in [1.165, 1.54) is 88.2 Å². The number of fused-ring (bicyclic) bond motifs is 7. The van der Waals surface area contributed by atoms with Crippen LogP contribution >= 0.6 is 0 Å². The maximum Gasteiger partial charge on any atom is 0.313 e. The summed E-state index contributed by atoms with van der Waals surface area (Å²) in [4.78, 5) is 17.0. The van der Waals surface area contributed by atoms with E-state index in [4.69, 9.17) is 4.74 Å². The molecule has 5 fully saturated rings. The Morgan fingerprint density at radius 2 is 1.72 bits per heavy atom. The Morgan fingerprint density at radius 1 is 0.930 bits per heavy atom. The lowest BCUT2D eigenvalue weighted by Crippen LogP contribution is -2.67. The molecule has 312 valence electrons. The van der Waals surface area contributed by atoms with Crippen molar-refractivity contribution in [1.82, 2.24) is 10.3 Å². The third-order valence-corrected chi connectivity index (χ3v) is 20.4. The zero-order valence-electron chi connectivity index (χ0n) is 36.0. The maximum absolute atomic E-state index is 12.8. The number of nitrogens with zero attached hydrogens (tertiary/aromatic N) is 2. The number of pyridine rings is 1. The molecule has 0 aliphatic heterocycles. The van der Waals surface area contributed by atoms with E-state index in [0.29, 0.717) is 51.9 Å². The largest absolute Gasteiger partial charge is 0.481 e. The lowest BCUT2D eigenvalue weighted by atomic mass is 9.33. The number of nitrogens with one attached hydrogen (secondary N) is 1. The van der Waals surface area contributed by atoms with Crippen molar-refractivity contribution >= 4 is 16.8 Å². The molecule has 0 radical (unpaired) electrons. The normalized spacial score (nSPS) is 42.8. The molecule has 5 saturated carbocycles. The molecule has 7 nitrogen and oxygen atoms in total. The Bertz CT molecular complexity index is 1840. The average molecular weight is 798 g/mol. The number of carboxylic acids is 1. The van der Waals surface area contributed by atoms with Crippen LogP contribution in [0.4, 0.5) is 0 Å². The van der Waals surface area contributed by atoms with Crippen LogP contribution in [0.5, 0.6) is 5.88 Å². The van der Waals surface area contributed by atoms with Gasteiger partial charge < -0.3 is 15.2 Å². The minimum atomic E-state index is -1.04. The van der Waals surface area contributed by atoms with E-state index in [0.717, 1.165) is 50.0 Å². The molecule has 7 aliphatic rings. The van der Waals surface area contributed by atoms with Gasteiger partial charge in [0.25, 0.3) is 0 Å². The summed E-state index contributed by atoms with van der Waals surface area (Å²) in [6.07, 6.45) is 29.3. The van der Waals surface area contributed by atoms with Crippen molar-refractivity contribution in [2.45, 2.75) is 161 Å². The van der Waals surface area contributed by atoms with E-state index in [2.05, 4.69) is 63.1 Å². The predicted molar refractivity (Wildman–Crippen MR) is 228 cm³/mol. The molecule has 1 heterocycles. The van der Waals surface area contributed by atoms with Crippen molar-refractivity contribution < 1.29 is 18.8 Å². The van der Waals surface area contributed by atoms with Gasteiger partial charge in [-0.2, -0.15) is 5.26 Å². The van der Waals surface area contributed by atoms with Crippen molar-refractivity contribution in [2.75, 3.05) is 19.4 Å². The molecule has 10 atom stereocenters. The summed E-state index contributed by atoms with van der Waals surface area (Å²) in [5.74, 6) is 3.06. The van der Waals surface area contributed by atoms with Gasteiger partial charge in [0, 0.05) is 34.0 Å². The molecular weight excluding hydrogens is 727 g/mol. The second-order valence-electron chi connectivity index (χ2n) is 21.5. The van der Waals surface area contributed by atoms with Crippen molar-refractivity contribution in [3.8, 4) is 11.9 Å². The number of hydrogen-bond acceptors (Lipinski definition) is 6. The first-order valence-corrected chi connectivity index (χ1v) is 24.4. The summed E-state index contributed by atoms with van der Waals surface area (Å²) < 4.78 is 18.0. The third kappa shape index (κ3) is 6.70. The van der Waals surface area contributed by atoms with Gasteiger partial charge in [-0.3, -0.25) is 9.00 Å². The molecule has 57 heavy (non-hydrogen) atoms. The number of carboxylic acid groups (broad SMARTS) is 1. The quantitative estimate of drug-likeness (QED) is 0.242. The Balaban J connectivity index is 0.963. The molecule has 1 aromatic rings. The summed E-state index contributed by atoms with van der Waals surface area (Å²) in [6.45, 7) is 14.3. The number of allylic oxidation sites excluding steroid dienone is 4. The fourth-order valence-corrected chi connectivity index (χ4v) is 16.6. The summed E-state index contributed by atoms with van der Waals surface area (Å²) >= 11 is 0. The molecule has 7 aliphatic carbocycles. The highest BCUT2D eigenvalue weighted by atomic mass is 32.2. The van der Waals surface area contributed by atoms with E-state index >= 15 is 0 Å². The number of carbonyl (C=O) groups is 1. The van der Waals surface area contributed by atoms with Crippen LogP contribution in [0.25, 0.3) is 0 Å². The lowest BCUT2D eigenvalue weighted by molar-refractivity contribution is -0.218. The van der Waals surface area contributed by atoms with Gasteiger partial charge in [0.2, 0.25) is 5.88 Å². The molecular formula is C49H71N3O4S. The number of rotatable bonds is 10. The number of hydrogen-bond donors (Lipinski definition) is 2. The van der Waals surface area contributed by atoms with Crippen molar-refractivity contribution in [1.29, 1.82) is 5.26 Å². The summed E-state index contributed by atoms with van der Waals surface area (Å²) in [5.41, 5.74) is 3.37. The molecule has 0 spiro atoms. The molecule has 0 amide bonds. The van der Waals surface area contributed by atoms with Crippen molar-refractivity contribution in [3.63, 3.8) is 0 Å². The number of aliphatic carboxylic acids is 1. The maximum atomic E-state index is 12.8. The van der Waals surface area contributed by atoms with E-state index in [-0.39, 0.29) is 23.3 Å². The monoisotopic (exact) mass is 798 g/mol. The van der Waals surface area contributed by atoms with E-state index < -0.39 is 22.2 Å². The van der Waals surface area contributed by atoms with Crippen LogP contribution in [0, 0.1) is 68.0 Å². The summed E-state index contributed by atoms with van der Waals surface area (Å²) in [6, 6.07) is 5.46. The Labute approximate surface area is 346 Å². The fraction of sp³-hybridized carbons (Fsp3) is 0.776. The molecule has 7 unspecified atom stereocenters. The Kier molecular flexibility index (Phi) is 11.0. The van der Waals surface area contributed by atoms with Gasteiger partial charge in [-0.05, 0) is 190 Å². The van der Waals surface area contributed by atoms with Crippen LogP contribution in [0.2, 0.25) is 0 Å². The van der Waals surface area contributed by atoms with Gasteiger partial charge in [0.05, 0.1) is 0 Å². The van der Waals surface area contributed by atoms with Gasteiger partial charge in [0.15, 0.2) is 0 Å². The zero-order chi connectivity index (χ0) is 40.4. The lowest BCUT2D eigenvalue weighted by Gasteiger charge is -2.72. The molecule has 8 rings (SSSR count). The highest BCUT2D eigenvalue weighted by Gasteiger charge is 2.69. The van der Waals surface area contributed by atoms with Crippen LogP contribution < -0.4 is 10.1 Å². The Morgan fingerprint density at radius 3 is 2.42 bits per heavy atom. The topological polar surface area (TPSA) is 112 Å². The summed E-state index contributed by atoms with van der Waals surface area (Å²) in [5, 5.41) is 24.7. The van der Waals surface area contributed by atoms with Crippen LogP contribution in [0.3, 0.4) is 0 Å². The van der Waals surface area contributed by atoms with E-state index in [1.807, 2.05) is 6.26 Å². The minimum Gasteiger partial charge on any atom is -0.481 e. The van der Waals surface area contributed by atoms with E-state index in [9.17, 15) is 19.4 Å². The Hall–Kier alpha value is -2.50. The first-order chi connectivity index (χ1) is 27.1. The van der Waals surface area contributed by atoms with Gasteiger partial charge >= 0.3 is 5.97 Å². The molecule has 0 saturated heterocycles. The number of nitriles is 1. The second kappa shape index (κ2) is 15.2. The predicted octanol–water partition coefficient (Wildman–Crippen LogP) is 10.6. The van der Waals surface area contributed by atoms with Crippen molar-refractivity contribution in [2.24, 2.45) is 56.7 Å². The second-order valence-corrected chi connectivity index (χ2v) is 23.2. The van der Waals surface area contributed by atoms with Gasteiger partial charge in [-0.15, -0.1) is 0 Å². The molecule has 0 aromatic carbocycles. The molecule has 2 N–H and O–H groups in total. The van der Waals surface area contributed by atoms with Gasteiger partial charge in [0.1, 0.15) is 23.7 Å². The van der Waals surface area contributed by atoms with Crippen LogP contribution in [0.15, 0.2) is 41.6 Å². The molecule has 0 bridgehead atoms. The minimum absolute atomic E-state index is 0.00382. The first-order valence-electron chi connectivity index (χ1n) is 22.8. The molecule has 1 aromatic heterocycles. The average Bonchev–Trinajstić information content (AvgIpc) is 3.62. The van der Waals surface area contributed by atoms with Gasteiger partial charge in [-0.25, -0.2) is 4.98 Å². The standard InChI is InChI=1S/C49H71N3O4S/c1-44(2)37(34-17-25-48(26-18-34,43(53)54)32-56-42-35(31-50)9-8-29-51-42)19-23-45(3)40(44)20-24-47(5)41(45)16-15-38-39-10-7-22-49(39,28-27-46(38,47)4)52-30-21-33-11-13-36(14-12-33)57(6)55/h8-9,17,19,29,33,36,38-41,52H,7,10-16,18,20-28,30,32H2,1-6H3,(H,53,54)/t33?,36?,38?,39-,40?,41?,45?,46-,47?,48-,49?,57?/m1/s1. The third-order valence-electron chi connectivity index (χ3n) is 19.0. The van der Waals surface area contributed by atoms with Gasteiger partial charge in [-0.1, -0.05) is 53.2 Å². The zero-order valence-corrected chi connectivity index (χ0v) is 36.8. The van der Waals surface area contributed by atoms with Crippen LogP contribution in [0.1, 0.15) is 156 Å². The summed E-state index contributed by atoms with van der Waals surface area (Å²) in [7, 11) is -0.667. The highest BCUT2D eigenvalue weighted by molar-refractivity contribution is 7.84.